The summed E-state index contributed by atoms with van der Waals surface area (Å²) < 4.78 is 13.1. The normalized spacial score (nSPS) is 17.2. The fraction of sp³-hybridized carbons (Fsp3) is 0.235. The Morgan fingerprint density at radius 2 is 2.09 bits per heavy atom. The minimum absolute atomic E-state index is 0.0276. The fourth-order valence-corrected chi connectivity index (χ4v) is 2.75. The number of hydrogen-bond donors (Lipinski definition) is 1. The first-order valence-corrected chi connectivity index (χ1v) is 7.64. The first-order chi connectivity index (χ1) is 10.7. The molecule has 0 aromatic heterocycles. The zero-order chi connectivity index (χ0) is 15.4. The molecule has 0 saturated heterocycles. The Labute approximate surface area is 133 Å². The van der Waals surface area contributed by atoms with E-state index in [0.29, 0.717) is 5.02 Å². The van der Waals surface area contributed by atoms with E-state index in [0.717, 1.165) is 36.3 Å². The second-order valence-corrected chi connectivity index (χ2v) is 5.71. The van der Waals surface area contributed by atoms with Gasteiger partial charge in [0.05, 0.1) is 5.71 Å². The highest BCUT2D eigenvalue weighted by Crippen LogP contribution is 2.22. The van der Waals surface area contributed by atoms with E-state index < -0.39 is 0 Å². The number of nitrogens with two attached hydrogens (primary N) is 1. The van der Waals surface area contributed by atoms with Crippen LogP contribution < -0.4 is 5.32 Å². The summed E-state index contributed by atoms with van der Waals surface area (Å²) in [5, 5.41) is 6.93. The van der Waals surface area contributed by atoms with E-state index in [1.54, 1.807) is 12.1 Å². The van der Waals surface area contributed by atoms with Crippen molar-refractivity contribution in [3.05, 3.63) is 70.5 Å². The summed E-state index contributed by atoms with van der Waals surface area (Å²) >= 11 is 6.17. The number of halogens is 2. The zero-order valence-electron chi connectivity index (χ0n) is 12.0. The Balaban J connectivity index is 1.50. The molecule has 1 heterocycles. The fourth-order valence-electron chi connectivity index (χ4n) is 2.51. The van der Waals surface area contributed by atoms with E-state index in [4.69, 9.17) is 16.4 Å². The van der Waals surface area contributed by atoms with Gasteiger partial charge in [0.2, 0.25) is 0 Å². The molecule has 3 rings (SSSR count). The van der Waals surface area contributed by atoms with Crippen molar-refractivity contribution in [2.75, 3.05) is 6.54 Å². The predicted molar refractivity (Wildman–Crippen MR) is 84.4 cm³/mol. The highest BCUT2D eigenvalue weighted by Gasteiger charge is 2.24. The zero-order valence-corrected chi connectivity index (χ0v) is 12.8. The maximum absolute atomic E-state index is 13.1. The van der Waals surface area contributed by atoms with E-state index in [9.17, 15) is 4.39 Å². The van der Waals surface area contributed by atoms with Crippen molar-refractivity contribution in [1.29, 1.82) is 0 Å². The van der Waals surface area contributed by atoms with Gasteiger partial charge in [-0.25, -0.2) is 4.39 Å². The summed E-state index contributed by atoms with van der Waals surface area (Å²) in [7, 11) is 0. The smallest absolute Gasteiger partial charge is 0.181 e. The summed E-state index contributed by atoms with van der Waals surface area (Å²) in [6, 6.07) is 14.3. The molecule has 0 unspecified atom stereocenters. The van der Waals surface area contributed by atoms with Gasteiger partial charge >= 0.3 is 0 Å². The van der Waals surface area contributed by atoms with Crippen LogP contribution in [0.1, 0.15) is 17.5 Å². The van der Waals surface area contributed by atoms with Crippen molar-refractivity contribution >= 4 is 17.3 Å². The van der Waals surface area contributed by atoms with Gasteiger partial charge in [0.15, 0.2) is 6.10 Å². The SMILES string of the molecule is Fc1cccc(C[NH2+]C[C@H]2CC(c3ccccc3Cl)=NO2)c1. The molecule has 0 amide bonds. The van der Waals surface area contributed by atoms with E-state index in [2.05, 4.69) is 10.5 Å². The Morgan fingerprint density at radius 1 is 1.23 bits per heavy atom. The molecule has 1 atom stereocenters. The Kier molecular flexibility index (Phi) is 4.71. The number of quaternary nitrogens is 1. The summed E-state index contributed by atoms with van der Waals surface area (Å²) in [5.74, 6) is -0.202. The molecule has 0 bridgehead atoms. The number of benzene rings is 2. The molecular weight excluding hydrogens is 303 g/mol. The van der Waals surface area contributed by atoms with Crippen LogP contribution in [0, 0.1) is 5.82 Å². The third-order valence-electron chi connectivity index (χ3n) is 3.62. The molecule has 22 heavy (non-hydrogen) atoms. The van der Waals surface area contributed by atoms with Gasteiger partial charge in [-0.1, -0.05) is 47.1 Å². The van der Waals surface area contributed by atoms with Gasteiger partial charge in [-0.05, 0) is 18.2 Å². The van der Waals surface area contributed by atoms with Crippen LogP contribution in [0.5, 0.6) is 0 Å². The van der Waals surface area contributed by atoms with Crippen LogP contribution >= 0.6 is 11.6 Å². The van der Waals surface area contributed by atoms with Crippen molar-refractivity contribution < 1.29 is 14.5 Å². The van der Waals surface area contributed by atoms with Crippen molar-refractivity contribution in [3.63, 3.8) is 0 Å². The van der Waals surface area contributed by atoms with Crippen LogP contribution in [-0.4, -0.2) is 18.4 Å². The van der Waals surface area contributed by atoms with E-state index in [1.807, 2.05) is 30.3 Å². The van der Waals surface area contributed by atoms with Crippen LogP contribution in [0.3, 0.4) is 0 Å². The molecular formula is C17H17ClFN2O+. The lowest BCUT2D eigenvalue weighted by Gasteiger charge is -2.07. The highest BCUT2D eigenvalue weighted by atomic mass is 35.5. The standard InChI is InChI=1S/C17H16ClFN2O/c18-16-7-2-1-6-15(16)17-9-14(22-21-17)11-20-10-12-4-3-5-13(19)8-12/h1-8,14,20H,9-11H2/p+1/t14-/m1/s1. The highest BCUT2D eigenvalue weighted by molar-refractivity contribution is 6.34. The molecule has 0 aliphatic carbocycles. The van der Waals surface area contributed by atoms with Gasteiger partial charge < -0.3 is 10.2 Å². The first-order valence-electron chi connectivity index (χ1n) is 7.26. The van der Waals surface area contributed by atoms with E-state index in [-0.39, 0.29) is 11.9 Å². The lowest BCUT2D eigenvalue weighted by atomic mass is 10.0. The van der Waals surface area contributed by atoms with Crippen molar-refractivity contribution in [2.45, 2.75) is 19.1 Å². The molecule has 0 spiro atoms. The molecule has 0 radical (unpaired) electrons. The summed E-state index contributed by atoms with van der Waals surface area (Å²) in [4.78, 5) is 5.46. The quantitative estimate of drug-likeness (QED) is 0.904. The van der Waals surface area contributed by atoms with Crippen molar-refractivity contribution in [3.8, 4) is 0 Å². The molecule has 2 aromatic carbocycles. The summed E-state index contributed by atoms with van der Waals surface area (Å²) in [6.07, 6.45) is 0.767. The molecule has 0 fully saturated rings. The van der Waals surface area contributed by atoms with E-state index in [1.165, 1.54) is 6.07 Å². The minimum Gasteiger partial charge on any atom is -0.386 e. The Hall–Kier alpha value is -1.91. The lowest BCUT2D eigenvalue weighted by Crippen LogP contribution is -2.84. The number of nitrogens with zero attached hydrogens (tertiary/aromatic N) is 1. The second-order valence-electron chi connectivity index (χ2n) is 5.31. The van der Waals surface area contributed by atoms with Crippen molar-refractivity contribution in [1.82, 2.24) is 0 Å². The average Bonchev–Trinajstić information content (AvgIpc) is 2.96. The molecule has 1 aliphatic rings. The van der Waals surface area contributed by atoms with Gasteiger partial charge in [-0.3, -0.25) is 0 Å². The maximum atomic E-state index is 13.1. The molecule has 114 valence electrons. The van der Waals surface area contributed by atoms with Gasteiger partial charge in [0.1, 0.15) is 18.9 Å². The van der Waals surface area contributed by atoms with Crippen LogP contribution in [-0.2, 0) is 11.4 Å². The predicted octanol–water partition coefficient (Wildman–Crippen LogP) is 2.74. The van der Waals surface area contributed by atoms with Gasteiger partial charge in [0, 0.05) is 22.6 Å². The molecule has 1 aliphatic heterocycles. The Morgan fingerprint density at radius 3 is 2.91 bits per heavy atom. The molecule has 5 heteroatoms. The third kappa shape index (κ3) is 3.64. The minimum atomic E-state index is -0.202. The van der Waals surface area contributed by atoms with Gasteiger partial charge in [-0.2, -0.15) is 0 Å². The van der Waals surface area contributed by atoms with Gasteiger partial charge in [0.25, 0.3) is 0 Å². The van der Waals surface area contributed by atoms with Crippen LogP contribution in [0.2, 0.25) is 5.02 Å². The first kappa shape index (κ1) is 15.0. The monoisotopic (exact) mass is 319 g/mol. The van der Waals surface area contributed by atoms with Crippen LogP contribution in [0.15, 0.2) is 53.7 Å². The lowest BCUT2D eigenvalue weighted by molar-refractivity contribution is -0.676. The molecule has 3 nitrogen and oxygen atoms in total. The van der Waals surface area contributed by atoms with Crippen LogP contribution in [0.4, 0.5) is 4.39 Å². The van der Waals surface area contributed by atoms with Crippen LogP contribution in [0.25, 0.3) is 0 Å². The maximum Gasteiger partial charge on any atom is 0.181 e. The largest absolute Gasteiger partial charge is 0.386 e. The number of oxime groups is 1. The van der Waals surface area contributed by atoms with Gasteiger partial charge in [-0.15, -0.1) is 0 Å². The topological polar surface area (TPSA) is 38.2 Å². The summed E-state index contributed by atoms with van der Waals surface area (Å²) in [6.45, 7) is 1.49. The molecule has 2 aromatic rings. The van der Waals surface area contributed by atoms with E-state index >= 15 is 0 Å². The Bertz CT molecular complexity index is 690. The average molecular weight is 320 g/mol. The molecule has 0 saturated carbocycles. The number of rotatable bonds is 5. The van der Waals surface area contributed by atoms with Crippen molar-refractivity contribution in [2.24, 2.45) is 5.16 Å². The molecule has 2 N–H and O–H groups in total. The second kappa shape index (κ2) is 6.90. The third-order valence-corrected chi connectivity index (χ3v) is 3.95. The summed E-state index contributed by atoms with van der Waals surface area (Å²) in [5.41, 5.74) is 2.77. The number of hydrogen-bond acceptors (Lipinski definition) is 2.